The molecule has 1 aliphatic rings. The molecule has 2 rings (SSSR count). The lowest BCUT2D eigenvalue weighted by Crippen LogP contribution is -2.45. The van der Waals surface area contributed by atoms with E-state index in [2.05, 4.69) is 16.8 Å². The van der Waals surface area contributed by atoms with Crippen molar-refractivity contribution in [1.82, 2.24) is 10.2 Å². The molecule has 1 fully saturated rings. The molecule has 6 heteroatoms. The summed E-state index contributed by atoms with van der Waals surface area (Å²) in [5.74, 6) is -0.0993. The number of hydrogen-bond donors (Lipinski definition) is 2. The number of piperazine rings is 1. The van der Waals surface area contributed by atoms with Crippen LogP contribution >= 0.6 is 0 Å². The highest BCUT2D eigenvalue weighted by Gasteiger charge is 2.33. The van der Waals surface area contributed by atoms with Gasteiger partial charge in [0.25, 0.3) is 0 Å². The summed E-state index contributed by atoms with van der Waals surface area (Å²) in [6.45, 7) is 8.74. The molecule has 0 aliphatic carbocycles. The van der Waals surface area contributed by atoms with Gasteiger partial charge in [-0.05, 0) is 31.5 Å². The summed E-state index contributed by atoms with van der Waals surface area (Å²) in [5, 5.41) is 13.3. The van der Waals surface area contributed by atoms with E-state index in [-0.39, 0.29) is 11.8 Å². The SMILES string of the molecule is C=C(C)C[C@@H](c1cc(C(F)(F)F)ccc1O)N1CCNCC1. The smallest absolute Gasteiger partial charge is 0.416 e. The summed E-state index contributed by atoms with van der Waals surface area (Å²) in [4.78, 5) is 2.10. The Morgan fingerprint density at radius 2 is 2.00 bits per heavy atom. The van der Waals surface area contributed by atoms with Crippen molar-refractivity contribution < 1.29 is 18.3 Å². The van der Waals surface area contributed by atoms with E-state index in [0.29, 0.717) is 12.0 Å². The third kappa shape index (κ3) is 4.01. The summed E-state index contributed by atoms with van der Waals surface area (Å²) < 4.78 is 38.8. The Labute approximate surface area is 128 Å². The molecule has 0 aromatic heterocycles. The molecule has 1 aliphatic heterocycles. The Morgan fingerprint density at radius 1 is 1.36 bits per heavy atom. The molecule has 0 spiro atoms. The first-order valence-electron chi connectivity index (χ1n) is 7.28. The Balaban J connectivity index is 2.39. The second-order valence-electron chi connectivity index (χ2n) is 5.73. The van der Waals surface area contributed by atoms with Gasteiger partial charge in [0.05, 0.1) is 5.56 Å². The molecule has 0 saturated carbocycles. The van der Waals surface area contributed by atoms with Gasteiger partial charge in [-0.3, -0.25) is 4.90 Å². The largest absolute Gasteiger partial charge is 0.508 e. The molecule has 1 aromatic carbocycles. The highest BCUT2D eigenvalue weighted by Crippen LogP contribution is 2.38. The Kier molecular flexibility index (Phi) is 5.13. The van der Waals surface area contributed by atoms with Crippen molar-refractivity contribution in [3.8, 4) is 5.75 Å². The van der Waals surface area contributed by atoms with Crippen molar-refractivity contribution in [2.45, 2.75) is 25.6 Å². The zero-order valence-electron chi connectivity index (χ0n) is 12.6. The molecular formula is C16H21F3N2O. The second kappa shape index (κ2) is 6.71. The van der Waals surface area contributed by atoms with Crippen molar-refractivity contribution >= 4 is 0 Å². The van der Waals surface area contributed by atoms with Crippen LogP contribution in [-0.2, 0) is 6.18 Å². The van der Waals surface area contributed by atoms with Crippen LogP contribution < -0.4 is 5.32 Å². The minimum absolute atomic E-state index is 0.0993. The van der Waals surface area contributed by atoms with E-state index >= 15 is 0 Å². The summed E-state index contributed by atoms with van der Waals surface area (Å²) >= 11 is 0. The van der Waals surface area contributed by atoms with E-state index in [0.717, 1.165) is 50.0 Å². The molecule has 1 atom stereocenters. The highest BCUT2D eigenvalue weighted by atomic mass is 19.4. The first kappa shape index (κ1) is 16.8. The summed E-state index contributed by atoms with van der Waals surface area (Å²) in [6, 6.07) is 2.81. The van der Waals surface area contributed by atoms with Gasteiger partial charge in [0.15, 0.2) is 0 Å². The number of hydrogen-bond acceptors (Lipinski definition) is 3. The summed E-state index contributed by atoms with van der Waals surface area (Å²) in [7, 11) is 0. The molecule has 0 unspecified atom stereocenters. The van der Waals surface area contributed by atoms with E-state index in [1.807, 2.05) is 6.92 Å². The maximum absolute atomic E-state index is 12.9. The average molecular weight is 314 g/mol. The number of nitrogens with zero attached hydrogens (tertiary/aromatic N) is 1. The van der Waals surface area contributed by atoms with Crippen LogP contribution in [0.4, 0.5) is 13.2 Å². The van der Waals surface area contributed by atoms with E-state index in [9.17, 15) is 18.3 Å². The summed E-state index contributed by atoms with van der Waals surface area (Å²) in [6.07, 6.45) is -3.89. The maximum atomic E-state index is 12.9. The van der Waals surface area contributed by atoms with Gasteiger partial charge in [-0.15, -0.1) is 6.58 Å². The van der Waals surface area contributed by atoms with E-state index in [1.165, 1.54) is 0 Å². The van der Waals surface area contributed by atoms with Crippen molar-refractivity contribution in [3.05, 3.63) is 41.5 Å². The number of alkyl halides is 3. The first-order valence-corrected chi connectivity index (χ1v) is 7.28. The molecule has 0 bridgehead atoms. The fraction of sp³-hybridized carbons (Fsp3) is 0.500. The average Bonchev–Trinajstić information content (AvgIpc) is 2.45. The van der Waals surface area contributed by atoms with Gasteiger partial charge in [-0.25, -0.2) is 0 Å². The number of rotatable bonds is 4. The van der Waals surface area contributed by atoms with Crippen LogP contribution in [0.1, 0.15) is 30.5 Å². The molecule has 22 heavy (non-hydrogen) atoms. The topological polar surface area (TPSA) is 35.5 Å². The maximum Gasteiger partial charge on any atom is 0.416 e. The van der Waals surface area contributed by atoms with Crippen LogP contribution in [0.25, 0.3) is 0 Å². The van der Waals surface area contributed by atoms with Crippen molar-refractivity contribution in [3.63, 3.8) is 0 Å². The third-order valence-corrected chi connectivity index (χ3v) is 3.85. The Hall–Kier alpha value is -1.53. The number of nitrogens with one attached hydrogen (secondary N) is 1. The van der Waals surface area contributed by atoms with Crippen molar-refractivity contribution in [2.75, 3.05) is 26.2 Å². The van der Waals surface area contributed by atoms with Crippen molar-refractivity contribution in [1.29, 1.82) is 0 Å². The van der Waals surface area contributed by atoms with Crippen molar-refractivity contribution in [2.24, 2.45) is 0 Å². The Morgan fingerprint density at radius 3 is 2.55 bits per heavy atom. The lowest BCUT2D eigenvalue weighted by atomic mass is 9.95. The van der Waals surface area contributed by atoms with E-state index < -0.39 is 11.7 Å². The fourth-order valence-corrected chi connectivity index (χ4v) is 2.76. The second-order valence-corrected chi connectivity index (χ2v) is 5.73. The third-order valence-electron chi connectivity index (χ3n) is 3.85. The molecule has 1 aromatic rings. The van der Waals surface area contributed by atoms with Crippen LogP contribution in [0.15, 0.2) is 30.4 Å². The summed E-state index contributed by atoms with van der Waals surface area (Å²) in [5.41, 5.74) is 0.460. The number of aromatic hydroxyl groups is 1. The number of phenolic OH excluding ortho intramolecular Hbond substituents is 1. The van der Waals surface area contributed by atoms with Gasteiger partial charge in [0.2, 0.25) is 0 Å². The fourth-order valence-electron chi connectivity index (χ4n) is 2.76. The first-order chi connectivity index (χ1) is 10.3. The predicted molar refractivity (Wildman–Crippen MR) is 79.7 cm³/mol. The molecular weight excluding hydrogens is 293 g/mol. The molecule has 2 N–H and O–H groups in total. The molecule has 3 nitrogen and oxygen atoms in total. The molecule has 1 heterocycles. The van der Waals surface area contributed by atoms with Gasteiger partial charge >= 0.3 is 6.18 Å². The van der Waals surface area contributed by atoms with Gasteiger partial charge in [-0.1, -0.05) is 5.57 Å². The van der Waals surface area contributed by atoms with Crippen LogP contribution in [0.3, 0.4) is 0 Å². The normalized spacial score (nSPS) is 18.2. The minimum atomic E-state index is -4.42. The van der Waals surface area contributed by atoms with Gasteiger partial charge < -0.3 is 10.4 Å². The molecule has 0 radical (unpaired) electrons. The molecule has 122 valence electrons. The number of phenols is 1. The monoisotopic (exact) mass is 314 g/mol. The standard InChI is InChI=1S/C16H21F3N2O/c1-11(2)9-14(21-7-5-20-6-8-21)13-10-12(16(17,18)19)3-4-15(13)22/h3-4,10,14,20,22H,1,5-9H2,2H3/t14-/m0/s1. The molecule has 0 amide bonds. The zero-order chi connectivity index (χ0) is 16.3. The minimum Gasteiger partial charge on any atom is -0.508 e. The quantitative estimate of drug-likeness (QED) is 0.837. The lowest BCUT2D eigenvalue weighted by molar-refractivity contribution is -0.137. The number of benzene rings is 1. The Bertz CT molecular complexity index is 537. The zero-order valence-corrected chi connectivity index (χ0v) is 12.6. The van der Waals surface area contributed by atoms with E-state index in [4.69, 9.17) is 0 Å². The van der Waals surface area contributed by atoms with Gasteiger partial charge in [-0.2, -0.15) is 13.2 Å². The van der Waals surface area contributed by atoms with Crippen LogP contribution in [-0.4, -0.2) is 36.2 Å². The van der Waals surface area contributed by atoms with E-state index in [1.54, 1.807) is 0 Å². The van der Waals surface area contributed by atoms with Crippen LogP contribution in [0, 0.1) is 0 Å². The van der Waals surface area contributed by atoms with Crippen LogP contribution in [0.5, 0.6) is 5.75 Å². The molecule has 1 saturated heterocycles. The van der Waals surface area contributed by atoms with Crippen LogP contribution in [0.2, 0.25) is 0 Å². The lowest BCUT2D eigenvalue weighted by Gasteiger charge is -2.36. The van der Waals surface area contributed by atoms with Gasteiger partial charge in [0.1, 0.15) is 5.75 Å². The highest BCUT2D eigenvalue weighted by molar-refractivity contribution is 5.40. The number of halogens is 3. The predicted octanol–water partition coefficient (Wildman–Crippen LogP) is 3.32. The van der Waals surface area contributed by atoms with Gasteiger partial charge in [0, 0.05) is 37.8 Å².